The minimum atomic E-state index is -0.847. The van der Waals surface area contributed by atoms with Crippen LogP contribution < -0.4 is 21.2 Å². The van der Waals surface area contributed by atoms with Gasteiger partial charge in [-0.3, -0.25) is 11.8 Å². The van der Waals surface area contributed by atoms with Gasteiger partial charge in [0.25, 0.3) is 0 Å². The van der Waals surface area contributed by atoms with Gasteiger partial charge in [-0.2, -0.15) is 0 Å². The van der Waals surface area contributed by atoms with Gasteiger partial charge in [-0.15, -0.1) is 35.4 Å². The molecule has 61 heavy (non-hydrogen) atoms. The third-order valence-electron chi connectivity index (χ3n) is 11.0. The topological polar surface area (TPSA) is 9.86 Å². The number of hydrogen-bond donors (Lipinski definition) is 0. The summed E-state index contributed by atoms with van der Waals surface area (Å²) in [6.45, 7) is 0. The monoisotopic (exact) mass is 1010 g/mol. The molecule has 0 saturated carbocycles. The van der Waals surface area contributed by atoms with Crippen molar-refractivity contribution in [3.63, 3.8) is 0 Å². The van der Waals surface area contributed by atoms with E-state index in [9.17, 15) is 0 Å². The molecule has 10 rings (SSSR count). The van der Waals surface area contributed by atoms with Crippen molar-refractivity contribution >= 4 is 80.7 Å². The number of aromatic nitrogens is 2. The van der Waals surface area contributed by atoms with Crippen LogP contribution in [0.4, 0.5) is 0 Å². The fraction of sp³-hybridized carbons (Fsp3) is 0.0545. The molecule has 2 heterocycles. The summed E-state index contributed by atoms with van der Waals surface area (Å²) in [5.41, 5.74) is 6.43. The molecule has 6 heteroatoms. The SMILES string of the molecule is [Ag+].[Ag+].[C-]#Cc1ccc2c(c1)c1ccccc1n2C.[C-]#Cc1ccc2c3ccccc3n(C)c2c1.c1ccc([PH+](C[PH+](c2ccccc2)c2ccccc2)c2ccccc2)cc1. The largest absolute Gasteiger partial charge is 1.00 e. The molecule has 10 aromatic rings. The second kappa shape index (κ2) is 21.6. The summed E-state index contributed by atoms with van der Waals surface area (Å²) in [5, 5.41) is 10.9. The van der Waals surface area contributed by atoms with Crippen molar-refractivity contribution in [2.45, 2.75) is 0 Å². The molecule has 0 aliphatic carbocycles. The van der Waals surface area contributed by atoms with Crippen molar-refractivity contribution < 1.29 is 44.8 Å². The first kappa shape index (κ1) is 45.4. The van der Waals surface area contributed by atoms with E-state index in [1.54, 1.807) is 0 Å². The van der Waals surface area contributed by atoms with E-state index in [1.165, 1.54) is 65.2 Å². The Kier molecular flexibility index (Phi) is 16.0. The van der Waals surface area contributed by atoms with Gasteiger partial charge in [0, 0.05) is 52.3 Å². The normalized spacial score (nSPS) is 10.5. The number of para-hydroxylation sites is 2. The third kappa shape index (κ3) is 10.1. The molecular formula is C55H44Ag2N2P2+2. The molecule has 2 nitrogen and oxygen atoms in total. The predicted molar refractivity (Wildman–Crippen MR) is 259 cm³/mol. The Bertz CT molecular complexity index is 2910. The molecule has 0 saturated heterocycles. The molecule has 0 fully saturated rings. The molecule has 0 atom stereocenters. The third-order valence-corrected chi connectivity index (χ3v) is 17.9. The molecule has 2 aromatic heterocycles. The first-order chi connectivity index (χ1) is 29.0. The van der Waals surface area contributed by atoms with Crippen LogP contribution in [-0.4, -0.2) is 15.0 Å². The zero-order valence-corrected chi connectivity index (χ0v) is 38.8. The van der Waals surface area contributed by atoms with Crippen LogP contribution in [0.3, 0.4) is 0 Å². The van der Waals surface area contributed by atoms with Gasteiger partial charge in [0.05, 0.1) is 0 Å². The van der Waals surface area contributed by atoms with E-state index >= 15 is 0 Å². The number of nitrogens with zero attached hydrogens (tertiary/aromatic N) is 2. The Morgan fingerprint density at radius 1 is 0.361 bits per heavy atom. The molecule has 0 unspecified atom stereocenters. The van der Waals surface area contributed by atoms with Crippen molar-refractivity contribution in [1.82, 2.24) is 9.13 Å². The molecule has 0 amide bonds. The molecule has 0 spiro atoms. The summed E-state index contributed by atoms with van der Waals surface area (Å²) in [6.07, 6.45) is 14.3. The molecule has 304 valence electrons. The summed E-state index contributed by atoms with van der Waals surface area (Å²) < 4.78 is 4.34. The van der Waals surface area contributed by atoms with Crippen molar-refractivity contribution in [2.75, 3.05) is 5.90 Å². The summed E-state index contributed by atoms with van der Waals surface area (Å²) in [7, 11) is 2.43. The van der Waals surface area contributed by atoms with Crippen molar-refractivity contribution in [3.05, 3.63) is 230 Å². The molecule has 0 N–H and O–H groups in total. The van der Waals surface area contributed by atoms with E-state index < -0.39 is 15.8 Å². The molecule has 0 aliphatic heterocycles. The minimum absolute atomic E-state index is 0. The fourth-order valence-corrected chi connectivity index (χ4v) is 15.7. The quantitative estimate of drug-likeness (QED) is 0.0680. The van der Waals surface area contributed by atoms with E-state index in [0.29, 0.717) is 0 Å². The van der Waals surface area contributed by atoms with Crippen LogP contribution in [0.2, 0.25) is 0 Å². The van der Waals surface area contributed by atoms with E-state index in [4.69, 9.17) is 12.8 Å². The van der Waals surface area contributed by atoms with Gasteiger partial charge in [0.15, 0.2) is 5.90 Å². The summed E-state index contributed by atoms with van der Waals surface area (Å²) in [5.74, 6) is 6.11. The van der Waals surface area contributed by atoms with Crippen LogP contribution in [0.5, 0.6) is 0 Å². The Balaban J connectivity index is 0.000000159. The second-order valence-electron chi connectivity index (χ2n) is 14.5. The maximum Gasteiger partial charge on any atom is 1.00 e. The zero-order chi connectivity index (χ0) is 40.6. The van der Waals surface area contributed by atoms with Crippen molar-refractivity contribution in [1.29, 1.82) is 0 Å². The molecule has 0 aliphatic rings. The average molecular weight is 1010 g/mol. The summed E-state index contributed by atoms with van der Waals surface area (Å²) in [4.78, 5) is 0. The van der Waals surface area contributed by atoms with E-state index in [2.05, 4.69) is 193 Å². The predicted octanol–water partition coefficient (Wildman–Crippen LogP) is 11.2. The van der Waals surface area contributed by atoms with Gasteiger partial charge in [-0.25, -0.2) is 0 Å². The Morgan fingerprint density at radius 3 is 1.13 bits per heavy atom. The number of benzene rings is 8. The Hall–Kier alpha value is -5.18. The van der Waals surface area contributed by atoms with Crippen molar-refractivity contribution in [2.24, 2.45) is 14.1 Å². The van der Waals surface area contributed by atoms with Crippen LogP contribution in [-0.2, 0) is 58.9 Å². The maximum absolute atomic E-state index is 7.18. The van der Waals surface area contributed by atoms with Crippen molar-refractivity contribution in [3.8, 4) is 11.8 Å². The number of aryl methyl sites for hydroxylation is 2. The van der Waals surface area contributed by atoms with Gasteiger partial charge in [-0.05, 0) is 66.0 Å². The number of rotatable bonds is 6. The van der Waals surface area contributed by atoms with E-state index in [-0.39, 0.29) is 44.8 Å². The summed E-state index contributed by atoms with van der Waals surface area (Å²) >= 11 is 0. The second-order valence-corrected chi connectivity index (χ2v) is 20.1. The molecular weight excluding hydrogens is 966 g/mol. The van der Waals surface area contributed by atoms with E-state index in [0.717, 1.165) is 16.6 Å². The van der Waals surface area contributed by atoms with Crippen LogP contribution in [0.1, 0.15) is 11.1 Å². The standard InChI is InChI=1S/C25H22P2.2C15H10N.2Ag/c1-5-13-22(14-6-1)26(23-15-7-2-8-16-23)21-27(24-17-9-3-10-18-24)25-19-11-4-12-20-25;1-3-11-8-9-15-13(10-11)12-6-4-5-7-14(12)16(15)2;1-3-11-8-9-13-12-6-4-5-7-14(12)16(2)15(13)10-11;;/h1-20H,21H2;2*4-10H,2H3;;/q;2*-1;2*+1/p+2. The van der Waals surface area contributed by atoms with Gasteiger partial charge < -0.3 is 22.0 Å². The minimum Gasteiger partial charge on any atom is -0.366 e. The van der Waals surface area contributed by atoms with E-state index in [1.807, 2.05) is 48.5 Å². The average Bonchev–Trinajstić information content (AvgIpc) is 3.77. The number of hydrogen-bond acceptors (Lipinski definition) is 0. The van der Waals surface area contributed by atoms with Gasteiger partial charge in [0.1, 0.15) is 37.1 Å². The van der Waals surface area contributed by atoms with Gasteiger partial charge in [0.2, 0.25) is 0 Å². The van der Waals surface area contributed by atoms with Crippen LogP contribution in [0.15, 0.2) is 206 Å². The smallest absolute Gasteiger partial charge is 0.366 e. The maximum atomic E-state index is 7.18. The molecule has 0 bridgehead atoms. The molecule has 8 aromatic carbocycles. The Labute approximate surface area is 393 Å². The van der Waals surface area contributed by atoms with Crippen LogP contribution in [0.25, 0.3) is 43.6 Å². The Morgan fingerprint density at radius 2 is 0.689 bits per heavy atom. The first-order valence-corrected chi connectivity index (χ1v) is 23.2. The summed E-state index contributed by atoms with van der Waals surface area (Å²) in [6, 6.07) is 73.1. The van der Waals surface area contributed by atoms with Crippen LogP contribution in [0, 0.1) is 24.7 Å². The molecule has 0 radical (unpaired) electrons. The number of fused-ring (bicyclic) bond motifs is 6. The fourth-order valence-electron chi connectivity index (χ4n) is 7.96. The first-order valence-electron chi connectivity index (χ1n) is 19.8. The van der Waals surface area contributed by atoms with Gasteiger partial charge >= 0.3 is 44.8 Å². The zero-order valence-electron chi connectivity index (χ0n) is 33.8. The van der Waals surface area contributed by atoms with Gasteiger partial charge in [-0.1, -0.05) is 121 Å². The van der Waals surface area contributed by atoms with Crippen LogP contribution >= 0.6 is 15.8 Å².